The normalized spacial score (nSPS) is 11.2. The minimum atomic E-state index is -0.978. The van der Waals surface area contributed by atoms with Crippen LogP contribution in [0.4, 0.5) is 0 Å². The lowest BCUT2D eigenvalue weighted by Gasteiger charge is -2.10. The smallest absolute Gasteiger partial charge is 0.305 e. The molecule has 2 aromatic carbocycles. The van der Waals surface area contributed by atoms with Crippen LogP contribution in [0.5, 0.6) is 5.75 Å². The first kappa shape index (κ1) is 16.4. The van der Waals surface area contributed by atoms with Crippen molar-refractivity contribution in [2.75, 3.05) is 0 Å². The van der Waals surface area contributed by atoms with E-state index in [4.69, 9.17) is 5.11 Å². The van der Waals surface area contributed by atoms with Gasteiger partial charge in [0.05, 0.1) is 17.3 Å². The summed E-state index contributed by atoms with van der Waals surface area (Å²) < 4.78 is 1.37. The number of hydrogen-bond donors (Lipinski definition) is 2. The van der Waals surface area contributed by atoms with Crippen molar-refractivity contribution < 1.29 is 15.0 Å². The lowest BCUT2D eigenvalue weighted by molar-refractivity contribution is -0.137. The van der Waals surface area contributed by atoms with Crippen LogP contribution in [0.3, 0.4) is 0 Å². The number of hydrogen-bond acceptors (Lipinski definition) is 4. The molecule has 0 saturated heterocycles. The molecular formula is C19H16N2O4. The van der Waals surface area contributed by atoms with Crippen LogP contribution >= 0.6 is 0 Å². The average Bonchev–Trinajstić information content (AvgIpc) is 2.60. The van der Waals surface area contributed by atoms with Crippen LogP contribution in [0.25, 0.3) is 23.1 Å². The number of aromatic nitrogens is 2. The Morgan fingerprint density at radius 2 is 1.80 bits per heavy atom. The van der Waals surface area contributed by atoms with Gasteiger partial charge >= 0.3 is 5.97 Å². The molecule has 0 aliphatic carbocycles. The molecule has 2 N–H and O–H groups in total. The zero-order valence-corrected chi connectivity index (χ0v) is 13.3. The van der Waals surface area contributed by atoms with E-state index >= 15 is 0 Å². The number of para-hydroxylation sites is 1. The van der Waals surface area contributed by atoms with Gasteiger partial charge in [0.1, 0.15) is 11.6 Å². The molecule has 0 spiro atoms. The van der Waals surface area contributed by atoms with Gasteiger partial charge in [-0.3, -0.25) is 14.2 Å². The molecule has 3 rings (SSSR count). The Morgan fingerprint density at radius 1 is 1.08 bits per heavy atom. The van der Waals surface area contributed by atoms with Gasteiger partial charge in [0, 0.05) is 6.54 Å². The Morgan fingerprint density at radius 3 is 2.52 bits per heavy atom. The molecule has 0 aliphatic rings. The van der Waals surface area contributed by atoms with E-state index < -0.39 is 5.97 Å². The van der Waals surface area contributed by atoms with Crippen LogP contribution in [0.1, 0.15) is 17.8 Å². The number of benzene rings is 2. The fraction of sp³-hybridized carbons (Fsp3) is 0.105. The lowest BCUT2D eigenvalue weighted by atomic mass is 10.2. The van der Waals surface area contributed by atoms with Crippen molar-refractivity contribution in [3.05, 3.63) is 70.3 Å². The molecule has 126 valence electrons. The minimum absolute atomic E-state index is 0.0429. The van der Waals surface area contributed by atoms with Crippen molar-refractivity contribution >= 4 is 29.0 Å². The monoisotopic (exact) mass is 336 g/mol. The highest BCUT2D eigenvalue weighted by atomic mass is 16.4. The largest absolute Gasteiger partial charge is 0.508 e. The molecule has 1 heterocycles. The summed E-state index contributed by atoms with van der Waals surface area (Å²) in [6.45, 7) is 0.0429. The average molecular weight is 336 g/mol. The van der Waals surface area contributed by atoms with Crippen molar-refractivity contribution in [2.24, 2.45) is 0 Å². The molecule has 0 unspecified atom stereocenters. The van der Waals surface area contributed by atoms with Gasteiger partial charge in [-0.2, -0.15) is 0 Å². The highest BCUT2D eigenvalue weighted by molar-refractivity contribution is 5.79. The number of phenolic OH excluding ortho intramolecular Hbond substituents is 1. The van der Waals surface area contributed by atoms with Crippen LogP contribution in [-0.2, 0) is 11.3 Å². The van der Waals surface area contributed by atoms with Crippen LogP contribution < -0.4 is 5.56 Å². The Balaban J connectivity index is 2.07. The SMILES string of the molecule is O=C(O)CCn1c(/C=C/c2ccc(O)cc2)nc2ccccc2c1=O. The highest BCUT2D eigenvalue weighted by Crippen LogP contribution is 2.14. The number of rotatable bonds is 5. The quantitative estimate of drug-likeness (QED) is 0.747. The Hall–Kier alpha value is -3.41. The van der Waals surface area contributed by atoms with E-state index in [0.717, 1.165) is 5.56 Å². The Labute approximate surface area is 143 Å². The predicted molar refractivity (Wildman–Crippen MR) is 95.3 cm³/mol. The second kappa shape index (κ2) is 7.00. The van der Waals surface area contributed by atoms with E-state index in [9.17, 15) is 14.7 Å². The first-order valence-corrected chi connectivity index (χ1v) is 7.73. The fourth-order valence-corrected chi connectivity index (χ4v) is 2.49. The third-order valence-electron chi connectivity index (χ3n) is 3.76. The molecule has 0 amide bonds. The van der Waals surface area contributed by atoms with E-state index in [1.54, 1.807) is 60.7 Å². The van der Waals surface area contributed by atoms with Gasteiger partial charge in [-0.15, -0.1) is 0 Å². The molecule has 1 aromatic heterocycles. The highest BCUT2D eigenvalue weighted by Gasteiger charge is 2.10. The van der Waals surface area contributed by atoms with Gasteiger partial charge < -0.3 is 10.2 Å². The second-order valence-electron chi connectivity index (χ2n) is 5.51. The summed E-state index contributed by atoms with van der Waals surface area (Å²) in [6.07, 6.45) is 3.26. The maximum absolute atomic E-state index is 12.7. The van der Waals surface area contributed by atoms with Crippen LogP contribution in [0.15, 0.2) is 53.3 Å². The Bertz CT molecular complexity index is 1000. The Kier molecular flexibility index (Phi) is 4.61. The molecule has 3 aromatic rings. The summed E-state index contributed by atoms with van der Waals surface area (Å²) in [5, 5.41) is 18.7. The van der Waals surface area contributed by atoms with Gasteiger partial charge in [0.15, 0.2) is 0 Å². The number of phenols is 1. The topological polar surface area (TPSA) is 92.4 Å². The minimum Gasteiger partial charge on any atom is -0.508 e. The summed E-state index contributed by atoms with van der Waals surface area (Å²) in [5.74, 6) is -0.425. The van der Waals surface area contributed by atoms with Crippen LogP contribution in [0, 0.1) is 0 Å². The van der Waals surface area contributed by atoms with Crippen molar-refractivity contribution in [3.8, 4) is 5.75 Å². The summed E-state index contributed by atoms with van der Waals surface area (Å²) in [6, 6.07) is 13.5. The lowest BCUT2D eigenvalue weighted by Crippen LogP contribution is -2.25. The third kappa shape index (κ3) is 3.74. The summed E-state index contributed by atoms with van der Waals surface area (Å²) >= 11 is 0. The third-order valence-corrected chi connectivity index (χ3v) is 3.76. The standard InChI is InChI=1S/C19H16N2O4/c22-14-8-5-13(6-9-14)7-10-17-20-16-4-2-1-3-15(16)19(25)21(17)12-11-18(23)24/h1-10,22H,11-12H2,(H,23,24)/b10-7+. The summed E-state index contributed by atoms with van der Waals surface area (Å²) in [5.41, 5.74) is 1.12. The van der Waals surface area contributed by atoms with Crippen molar-refractivity contribution in [1.29, 1.82) is 0 Å². The van der Waals surface area contributed by atoms with Gasteiger partial charge in [0.2, 0.25) is 0 Å². The van der Waals surface area contributed by atoms with Gasteiger partial charge in [-0.25, -0.2) is 4.98 Å². The summed E-state index contributed by atoms with van der Waals surface area (Å²) in [7, 11) is 0. The molecule has 0 radical (unpaired) electrons. The van der Waals surface area contributed by atoms with Crippen molar-refractivity contribution in [1.82, 2.24) is 9.55 Å². The maximum atomic E-state index is 12.7. The molecule has 0 bridgehead atoms. The number of fused-ring (bicyclic) bond motifs is 1. The van der Waals surface area contributed by atoms with E-state index in [-0.39, 0.29) is 24.3 Å². The number of carboxylic acid groups (broad SMARTS) is 1. The first-order valence-electron chi connectivity index (χ1n) is 7.73. The predicted octanol–water partition coefficient (Wildman–Crippen LogP) is 2.75. The van der Waals surface area contributed by atoms with Gasteiger partial charge in [0.25, 0.3) is 5.56 Å². The number of aromatic hydroxyl groups is 1. The molecule has 6 nitrogen and oxygen atoms in total. The van der Waals surface area contributed by atoms with E-state index in [2.05, 4.69) is 4.98 Å². The molecule has 6 heteroatoms. The number of nitrogens with zero attached hydrogens (tertiary/aromatic N) is 2. The molecular weight excluding hydrogens is 320 g/mol. The molecule has 0 fully saturated rings. The van der Waals surface area contributed by atoms with Crippen LogP contribution in [0.2, 0.25) is 0 Å². The molecule has 0 atom stereocenters. The molecule has 25 heavy (non-hydrogen) atoms. The van der Waals surface area contributed by atoms with Gasteiger partial charge in [-0.05, 0) is 35.9 Å². The zero-order chi connectivity index (χ0) is 17.8. The van der Waals surface area contributed by atoms with Gasteiger partial charge in [-0.1, -0.05) is 30.3 Å². The van der Waals surface area contributed by atoms with E-state index in [1.807, 2.05) is 0 Å². The maximum Gasteiger partial charge on any atom is 0.305 e. The number of aliphatic carboxylic acids is 1. The fourth-order valence-electron chi connectivity index (χ4n) is 2.49. The van der Waals surface area contributed by atoms with E-state index in [1.165, 1.54) is 4.57 Å². The number of carboxylic acids is 1. The van der Waals surface area contributed by atoms with E-state index in [0.29, 0.717) is 16.7 Å². The zero-order valence-electron chi connectivity index (χ0n) is 13.3. The number of carbonyl (C=O) groups is 1. The van der Waals surface area contributed by atoms with Crippen molar-refractivity contribution in [2.45, 2.75) is 13.0 Å². The van der Waals surface area contributed by atoms with Crippen LogP contribution in [-0.4, -0.2) is 25.7 Å². The summed E-state index contributed by atoms with van der Waals surface area (Å²) in [4.78, 5) is 28.1. The second-order valence-corrected chi connectivity index (χ2v) is 5.51. The first-order chi connectivity index (χ1) is 12.0. The molecule has 0 saturated carbocycles. The molecule has 0 aliphatic heterocycles. The van der Waals surface area contributed by atoms with Crippen molar-refractivity contribution in [3.63, 3.8) is 0 Å².